The lowest BCUT2D eigenvalue weighted by Crippen LogP contribution is -2.04. The molecule has 0 amide bonds. The number of hydrogen-bond acceptors (Lipinski definition) is 2. The van der Waals surface area contributed by atoms with E-state index < -0.39 is 0 Å². The summed E-state index contributed by atoms with van der Waals surface area (Å²) in [5.74, 6) is 1.28. The van der Waals surface area contributed by atoms with Gasteiger partial charge >= 0.3 is 0 Å². The van der Waals surface area contributed by atoms with Gasteiger partial charge in [0.2, 0.25) is 0 Å². The maximum Gasteiger partial charge on any atom is 0.166 e. The van der Waals surface area contributed by atoms with Crippen LogP contribution in [0.2, 0.25) is 0 Å². The Kier molecular flexibility index (Phi) is 4.53. The normalized spacial score (nSPS) is 10.6. The molecule has 0 fully saturated rings. The number of carbonyl (C=O) groups is 1. The first-order valence-electron chi connectivity index (χ1n) is 5.90. The van der Waals surface area contributed by atoms with Crippen LogP contribution in [-0.4, -0.2) is 12.4 Å². The first kappa shape index (κ1) is 12.8. The van der Waals surface area contributed by atoms with E-state index in [2.05, 4.69) is 13.8 Å². The monoisotopic (exact) mass is 220 g/mol. The molecule has 0 unspecified atom stereocenters. The highest BCUT2D eigenvalue weighted by atomic mass is 16.5. The first-order valence-corrected chi connectivity index (χ1v) is 5.90. The molecule has 0 saturated heterocycles. The maximum absolute atomic E-state index is 11.8. The van der Waals surface area contributed by atoms with Crippen LogP contribution in [0.1, 0.15) is 56.0 Å². The molecule has 0 spiro atoms. The summed E-state index contributed by atoms with van der Waals surface area (Å²) in [4.78, 5) is 11.8. The third-order valence-corrected chi connectivity index (χ3v) is 2.59. The maximum atomic E-state index is 11.8. The van der Waals surface area contributed by atoms with Crippen LogP contribution in [0.3, 0.4) is 0 Å². The summed E-state index contributed by atoms with van der Waals surface area (Å²) in [6.07, 6.45) is 0.515. The molecule has 0 aliphatic carbocycles. The van der Waals surface area contributed by atoms with Crippen LogP contribution >= 0.6 is 0 Å². The van der Waals surface area contributed by atoms with E-state index in [0.717, 1.165) is 5.56 Å². The number of Topliss-reactive ketones (excluding diaryl/α,β-unsaturated/α-hetero) is 1. The standard InChI is InChI=1S/C14H20O2/c1-5-13(15)12-9-11(10(3)4)7-8-14(12)16-6-2/h7-10H,5-6H2,1-4H3. The molecule has 0 aliphatic heterocycles. The molecule has 2 heteroatoms. The van der Waals surface area contributed by atoms with Gasteiger partial charge < -0.3 is 4.74 Å². The highest BCUT2D eigenvalue weighted by Crippen LogP contribution is 2.25. The highest BCUT2D eigenvalue weighted by molar-refractivity contribution is 5.98. The second-order valence-electron chi connectivity index (χ2n) is 4.12. The van der Waals surface area contributed by atoms with Crippen LogP contribution in [-0.2, 0) is 0 Å². The molecule has 88 valence electrons. The Morgan fingerprint density at radius 3 is 2.50 bits per heavy atom. The van der Waals surface area contributed by atoms with Gasteiger partial charge in [-0.15, -0.1) is 0 Å². The summed E-state index contributed by atoms with van der Waals surface area (Å²) < 4.78 is 5.47. The zero-order valence-electron chi connectivity index (χ0n) is 10.5. The van der Waals surface area contributed by atoms with Gasteiger partial charge in [-0.2, -0.15) is 0 Å². The van der Waals surface area contributed by atoms with Crippen LogP contribution in [0.4, 0.5) is 0 Å². The van der Waals surface area contributed by atoms with Crippen molar-refractivity contribution < 1.29 is 9.53 Å². The molecule has 1 rings (SSSR count). The van der Waals surface area contributed by atoms with Gasteiger partial charge in [0, 0.05) is 6.42 Å². The van der Waals surface area contributed by atoms with E-state index in [9.17, 15) is 4.79 Å². The van der Waals surface area contributed by atoms with Crippen LogP contribution in [0.15, 0.2) is 18.2 Å². The average Bonchev–Trinajstić information content (AvgIpc) is 2.28. The Hall–Kier alpha value is -1.31. The number of ketones is 1. The van der Waals surface area contributed by atoms with E-state index in [-0.39, 0.29) is 5.78 Å². The second-order valence-corrected chi connectivity index (χ2v) is 4.12. The van der Waals surface area contributed by atoms with Gasteiger partial charge in [0.1, 0.15) is 5.75 Å². The molecule has 1 aromatic rings. The summed E-state index contributed by atoms with van der Waals surface area (Å²) in [6.45, 7) is 8.63. The number of ether oxygens (including phenoxy) is 1. The van der Waals surface area contributed by atoms with Crippen molar-refractivity contribution in [3.8, 4) is 5.75 Å². The molecule has 0 atom stereocenters. The molecule has 1 aromatic carbocycles. The Morgan fingerprint density at radius 1 is 1.31 bits per heavy atom. The minimum Gasteiger partial charge on any atom is -0.493 e. The predicted octanol–water partition coefficient (Wildman–Crippen LogP) is 3.80. The molecule has 16 heavy (non-hydrogen) atoms. The smallest absolute Gasteiger partial charge is 0.166 e. The fourth-order valence-electron chi connectivity index (χ4n) is 1.60. The van der Waals surface area contributed by atoms with Crippen LogP contribution in [0.5, 0.6) is 5.75 Å². The second kappa shape index (κ2) is 5.69. The lowest BCUT2D eigenvalue weighted by atomic mass is 9.98. The van der Waals surface area contributed by atoms with Crippen molar-refractivity contribution in [2.24, 2.45) is 0 Å². The fourth-order valence-corrected chi connectivity index (χ4v) is 1.60. The van der Waals surface area contributed by atoms with Gasteiger partial charge in [0.15, 0.2) is 5.78 Å². The van der Waals surface area contributed by atoms with Gasteiger partial charge in [0.25, 0.3) is 0 Å². The van der Waals surface area contributed by atoms with E-state index in [1.54, 1.807) is 0 Å². The lowest BCUT2D eigenvalue weighted by molar-refractivity contribution is 0.0984. The van der Waals surface area contributed by atoms with Crippen molar-refractivity contribution in [1.82, 2.24) is 0 Å². The fraction of sp³-hybridized carbons (Fsp3) is 0.500. The van der Waals surface area contributed by atoms with Crippen LogP contribution < -0.4 is 4.74 Å². The zero-order valence-corrected chi connectivity index (χ0v) is 10.5. The molecule has 0 saturated carbocycles. The summed E-state index contributed by atoms with van der Waals surface area (Å²) >= 11 is 0. The third kappa shape index (κ3) is 2.84. The van der Waals surface area contributed by atoms with Crippen molar-refractivity contribution in [2.75, 3.05) is 6.61 Å². The van der Waals surface area contributed by atoms with Gasteiger partial charge in [-0.1, -0.05) is 26.8 Å². The molecule has 0 N–H and O–H groups in total. The molecule has 2 nitrogen and oxygen atoms in total. The van der Waals surface area contributed by atoms with Crippen molar-refractivity contribution in [1.29, 1.82) is 0 Å². The van der Waals surface area contributed by atoms with E-state index >= 15 is 0 Å². The van der Waals surface area contributed by atoms with Crippen molar-refractivity contribution in [2.45, 2.75) is 40.0 Å². The number of carbonyl (C=O) groups excluding carboxylic acids is 1. The number of hydrogen-bond donors (Lipinski definition) is 0. The van der Waals surface area contributed by atoms with E-state index in [4.69, 9.17) is 4.74 Å². The molecule has 0 radical (unpaired) electrons. The van der Waals surface area contributed by atoms with Gasteiger partial charge in [-0.05, 0) is 30.5 Å². The molecular formula is C14H20O2. The molecule has 0 aliphatic rings. The van der Waals surface area contributed by atoms with Crippen molar-refractivity contribution in [3.05, 3.63) is 29.3 Å². The number of benzene rings is 1. The van der Waals surface area contributed by atoms with Gasteiger partial charge in [0.05, 0.1) is 12.2 Å². The van der Waals surface area contributed by atoms with Gasteiger partial charge in [-0.3, -0.25) is 4.79 Å². The molecular weight excluding hydrogens is 200 g/mol. The van der Waals surface area contributed by atoms with E-state index in [1.807, 2.05) is 32.0 Å². The van der Waals surface area contributed by atoms with Crippen molar-refractivity contribution in [3.63, 3.8) is 0 Å². The zero-order chi connectivity index (χ0) is 12.1. The largest absolute Gasteiger partial charge is 0.493 e. The van der Waals surface area contributed by atoms with Gasteiger partial charge in [-0.25, -0.2) is 0 Å². The highest BCUT2D eigenvalue weighted by Gasteiger charge is 2.12. The quantitative estimate of drug-likeness (QED) is 0.705. The Morgan fingerprint density at radius 2 is 2.00 bits per heavy atom. The van der Waals surface area contributed by atoms with E-state index in [1.165, 1.54) is 5.56 Å². The summed E-state index contributed by atoms with van der Waals surface area (Å²) in [5, 5.41) is 0. The van der Waals surface area contributed by atoms with Crippen molar-refractivity contribution >= 4 is 5.78 Å². The van der Waals surface area contributed by atoms with Crippen LogP contribution in [0, 0.1) is 0 Å². The Labute approximate surface area is 97.6 Å². The third-order valence-electron chi connectivity index (χ3n) is 2.59. The molecule has 0 bridgehead atoms. The number of rotatable bonds is 5. The first-order chi connectivity index (χ1) is 7.60. The molecule has 0 aromatic heterocycles. The summed E-state index contributed by atoms with van der Waals surface area (Å²) in [5.41, 5.74) is 1.90. The Balaban J connectivity index is 3.15. The molecule has 0 heterocycles. The Bertz CT molecular complexity index is 367. The topological polar surface area (TPSA) is 26.3 Å². The van der Waals surface area contributed by atoms with Crippen LogP contribution in [0.25, 0.3) is 0 Å². The van der Waals surface area contributed by atoms with E-state index in [0.29, 0.717) is 24.7 Å². The summed E-state index contributed by atoms with van der Waals surface area (Å²) in [7, 11) is 0. The minimum absolute atomic E-state index is 0.144. The average molecular weight is 220 g/mol. The SMILES string of the molecule is CCOc1ccc(C(C)C)cc1C(=O)CC. The summed E-state index contributed by atoms with van der Waals surface area (Å²) in [6, 6.07) is 5.89. The predicted molar refractivity (Wildman–Crippen MR) is 66.3 cm³/mol. The minimum atomic E-state index is 0.144. The lowest BCUT2D eigenvalue weighted by Gasteiger charge is -2.12.